The second-order valence-electron chi connectivity index (χ2n) is 1.86. The number of aryl methyl sites for hydroxylation is 2. The summed E-state index contributed by atoms with van der Waals surface area (Å²) in [6, 6.07) is 0. The average molecular weight is 144 g/mol. The Bertz CT molecular complexity index is 205. The minimum absolute atomic E-state index is 0.692. The first kappa shape index (κ1) is 6.62. The number of rotatable bonds is 1. The summed E-state index contributed by atoms with van der Waals surface area (Å²) < 4.78 is 1.61. The van der Waals surface area contributed by atoms with Crippen molar-refractivity contribution in [1.82, 2.24) is 9.78 Å². The number of aromatic nitrogens is 2. The molecule has 49 valence electrons. The van der Waals surface area contributed by atoms with Gasteiger partial charge in [-0.1, -0.05) is 18.5 Å². The standard InChI is InChI=1S/C6H8ClN2/c1-3-5-4-8-9(2)6(5)7/h3H2,1-2H3. The monoisotopic (exact) mass is 143 g/mol. The molecular weight excluding hydrogens is 136 g/mol. The van der Waals surface area contributed by atoms with E-state index in [1.807, 2.05) is 6.92 Å². The summed E-state index contributed by atoms with van der Waals surface area (Å²) in [5.41, 5.74) is 0.985. The van der Waals surface area contributed by atoms with Crippen LogP contribution < -0.4 is 0 Å². The van der Waals surface area contributed by atoms with Gasteiger partial charge in [-0.3, -0.25) is 4.68 Å². The molecule has 0 N–H and O–H groups in total. The third-order valence-electron chi connectivity index (χ3n) is 1.22. The molecule has 0 fully saturated rings. The van der Waals surface area contributed by atoms with E-state index in [-0.39, 0.29) is 0 Å². The third-order valence-corrected chi connectivity index (χ3v) is 1.69. The summed E-state index contributed by atoms with van der Waals surface area (Å²) >= 11 is 5.78. The fraction of sp³-hybridized carbons (Fsp3) is 0.500. The maximum atomic E-state index is 5.78. The van der Waals surface area contributed by atoms with Crippen LogP contribution in [0.1, 0.15) is 12.5 Å². The summed E-state index contributed by atoms with van der Waals surface area (Å²) in [5.74, 6) is 0. The van der Waals surface area contributed by atoms with Crippen LogP contribution >= 0.6 is 11.6 Å². The number of hydrogen-bond acceptors (Lipinski definition) is 1. The Morgan fingerprint density at radius 1 is 1.78 bits per heavy atom. The topological polar surface area (TPSA) is 17.8 Å². The molecule has 0 saturated carbocycles. The highest BCUT2D eigenvalue weighted by molar-refractivity contribution is 6.30. The predicted molar refractivity (Wildman–Crippen MR) is 36.4 cm³/mol. The van der Waals surface area contributed by atoms with E-state index in [0.29, 0.717) is 5.15 Å². The molecule has 9 heavy (non-hydrogen) atoms. The van der Waals surface area contributed by atoms with Gasteiger partial charge in [0.25, 0.3) is 0 Å². The van der Waals surface area contributed by atoms with Crippen LogP contribution in [0.2, 0.25) is 5.15 Å². The van der Waals surface area contributed by atoms with Gasteiger partial charge in [0.1, 0.15) is 11.3 Å². The van der Waals surface area contributed by atoms with E-state index >= 15 is 0 Å². The molecule has 0 atom stereocenters. The van der Waals surface area contributed by atoms with E-state index in [0.717, 1.165) is 12.0 Å². The lowest BCUT2D eigenvalue weighted by Crippen LogP contribution is -1.88. The Labute approximate surface area is 59.4 Å². The molecule has 0 aliphatic heterocycles. The molecule has 0 spiro atoms. The van der Waals surface area contributed by atoms with Gasteiger partial charge in [-0.2, -0.15) is 5.10 Å². The van der Waals surface area contributed by atoms with E-state index < -0.39 is 0 Å². The zero-order valence-corrected chi connectivity index (χ0v) is 6.24. The summed E-state index contributed by atoms with van der Waals surface area (Å²) in [7, 11) is 1.80. The first-order chi connectivity index (χ1) is 4.25. The number of halogens is 1. The van der Waals surface area contributed by atoms with Crippen LogP contribution in [0, 0.1) is 6.20 Å². The largest absolute Gasteiger partial charge is 0.256 e. The van der Waals surface area contributed by atoms with Gasteiger partial charge in [-0.15, -0.1) is 0 Å². The van der Waals surface area contributed by atoms with Crippen molar-refractivity contribution in [2.45, 2.75) is 13.3 Å². The maximum Gasteiger partial charge on any atom is 0.130 e. The molecule has 0 unspecified atom stereocenters. The van der Waals surface area contributed by atoms with E-state index in [4.69, 9.17) is 11.6 Å². The van der Waals surface area contributed by atoms with E-state index in [2.05, 4.69) is 11.3 Å². The zero-order chi connectivity index (χ0) is 6.85. The molecule has 0 bridgehead atoms. The van der Waals surface area contributed by atoms with Crippen molar-refractivity contribution in [3.8, 4) is 0 Å². The normalized spacial score (nSPS) is 10.1. The fourth-order valence-corrected chi connectivity index (χ4v) is 0.859. The van der Waals surface area contributed by atoms with Crippen molar-refractivity contribution in [2.24, 2.45) is 7.05 Å². The van der Waals surface area contributed by atoms with E-state index in [1.165, 1.54) is 0 Å². The highest BCUT2D eigenvalue weighted by Crippen LogP contribution is 2.12. The zero-order valence-electron chi connectivity index (χ0n) is 5.48. The lowest BCUT2D eigenvalue weighted by Gasteiger charge is -1.90. The molecular formula is C6H8ClN2. The van der Waals surface area contributed by atoms with Crippen LogP contribution in [0.3, 0.4) is 0 Å². The van der Waals surface area contributed by atoms with Gasteiger partial charge >= 0.3 is 0 Å². The fourth-order valence-electron chi connectivity index (χ4n) is 0.646. The van der Waals surface area contributed by atoms with Crippen molar-refractivity contribution in [2.75, 3.05) is 0 Å². The van der Waals surface area contributed by atoms with Gasteiger partial charge in [0.15, 0.2) is 0 Å². The van der Waals surface area contributed by atoms with Crippen molar-refractivity contribution >= 4 is 11.6 Å². The molecule has 0 aliphatic carbocycles. The first-order valence-corrected chi connectivity index (χ1v) is 3.22. The van der Waals surface area contributed by atoms with Gasteiger partial charge in [-0.25, -0.2) is 0 Å². The Morgan fingerprint density at radius 2 is 2.44 bits per heavy atom. The van der Waals surface area contributed by atoms with Crippen LogP contribution in [-0.2, 0) is 13.5 Å². The third kappa shape index (κ3) is 1.08. The number of hydrogen-bond donors (Lipinski definition) is 0. The van der Waals surface area contributed by atoms with E-state index in [9.17, 15) is 0 Å². The molecule has 1 aromatic rings. The molecule has 0 saturated heterocycles. The molecule has 0 aliphatic rings. The van der Waals surface area contributed by atoms with Crippen molar-refractivity contribution in [3.05, 3.63) is 16.9 Å². The highest BCUT2D eigenvalue weighted by Gasteiger charge is 2.01. The lowest BCUT2D eigenvalue weighted by atomic mass is 10.3. The summed E-state index contributed by atoms with van der Waals surface area (Å²) in [4.78, 5) is 0. The van der Waals surface area contributed by atoms with Crippen LogP contribution in [0.5, 0.6) is 0 Å². The van der Waals surface area contributed by atoms with Crippen LogP contribution in [0.25, 0.3) is 0 Å². The van der Waals surface area contributed by atoms with Crippen LogP contribution in [-0.4, -0.2) is 9.78 Å². The van der Waals surface area contributed by atoms with Crippen molar-refractivity contribution in [1.29, 1.82) is 0 Å². The quantitative estimate of drug-likeness (QED) is 0.582. The summed E-state index contributed by atoms with van der Waals surface area (Å²) in [6.45, 7) is 2.03. The molecule has 2 nitrogen and oxygen atoms in total. The molecule has 0 amide bonds. The SMILES string of the molecule is CCc1[c]nn(C)c1Cl. The molecule has 0 aromatic carbocycles. The predicted octanol–water partition coefficient (Wildman–Crippen LogP) is 1.44. The van der Waals surface area contributed by atoms with Gasteiger partial charge in [0.05, 0.1) is 0 Å². The number of nitrogens with zero attached hydrogens (tertiary/aromatic N) is 2. The van der Waals surface area contributed by atoms with Crippen LogP contribution in [0.15, 0.2) is 0 Å². The van der Waals surface area contributed by atoms with Gasteiger partial charge in [0, 0.05) is 12.6 Å². The minimum atomic E-state index is 0.692. The lowest BCUT2D eigenvalue weighted by molar-refractivity contribution is 0.765. The summed E-state index contributed by atoms with van der Waals surface area (Å²) in [6.07, 6.45) is 3.70. The van der Waals surface area contributed by atoms with Crippen molar-refractivity contribution in [3.63, 3.8) is 0 Å². The maximum absolute atomic E-state index is 5.78. The van der Waals surface area contributed by atoms with Gasteiger partial charge in [0.2, 0.25) is 0 Å². The molecule has 1 heterocycles. The van der Waals surface area contributed by atoms with Crippen molar-refractivity contribution < 1.29 is 0 Å². The van der Waals surface area contributed by atoms with Gasteiger partial charge < -0.3 is 0 Å². The average Bonchev–Trinajstić information content (AvgIpc) is 2.15. The van der Waals surface area contributed by atoms with E-state index in [1.54, 1.807) is 11.7 Å². The van der Waals surface area contributed by atoms with Gasteiger partial charge in [-0.05, 0) is 6.42 Å². The molecule has 1 aromatic heterocycles. The Kier molecular flexibility index (Phi) is 1.76. The van der Waals surface area contributed by atoms with Crippen LogP contribution in [0.4, 0.5) is 0 Å². The molecule has 1 rings (SSSR count). The highest BCUT2D eigenvalue weighted by atomic mass is 35.5. The molecule has 1 radical (unpaired) electrons. The minimum Gasteiger partial charge on any atom is -0.256 e. The smallest absolute Gasteiger partial charge is 0.130 e. The Morgan fingerprint density at radius 3 is 2.67 bits per heavy atom. The molecule has 3 heteroatoms. The second-order valence-corrected chi connectivity index (χ2v) is 2.22. The Hall–Kier alpha value is -0.500. The first-order valence-electron chi connectivity index (χ1n) is 2.84. The second kappa shape index (κ2) is 2.40. The Balaban J connectivity index is 3.04. The summed E-state index contributed by atoms with van der Waals surface area (Å²) in [5, 5.41) is 4.54.